The molecule has 0 N–H and O–H groups in total. The van der Waals surface area contributed by atoms with Gasteiger partial charge in [0.25, 0.3) is 0 Å². The molecule has 0 radical (unpaired) electrons. The average Bonchev–Trinajstić information content (AvgIpc) is 3.26. The second-order valence-corrected chi connectivity index (χ2v) is 7.84. The number of halogens is 1. The van der Waals surface area contributed by atoms with Crippen molar-refractivity contribution in [2.45, 2.75) is 37.8 Å². The second-order valence-electron chi connectivity index (χ2n) is 7.84. The van der Waals surface area contributed by atoms with Crippen LogP contribution < -0.4 is 4.74 Å². The summed E-state index contributed by atoms with van der Waals surface area (Å²) in [6, 6.07) is 7.57. The van der Waals surface area contributed by atoms with Crippen LogP contribution in [0.3, 0.4) is 0 Å². The lowest BCUT2D eigenvalue weighted by molar-refractivity contribution is -0.123. The molecule has 30 heavy (non-hydrogen) atoms. The van der Waals surface area contributed by atoms with Crippen molar-refractivity contribution >= 4 is 11.3 Å². The van der Waals surface area contributed by atoms with Crippen LogP contribution in [-0.2, 0) is 4.79 Å². The maximum Gasteiger partial charge on any atom is 0.212 e. The lowest BCUT2D eigenvalue weighted by atomic mass is 10.0. The van der Waals surface area contributed by atoms with Crippen LogP contribution in [-0.4, -0.2) is 50.5 Å². The van der Waals surface area contributed by atoms with Crippen molar-refractivity contribution in [1.82, 2.24) is 19.5 Å². The van der Waals surface area contributed by atoms with Crippen molar-refractivity contribution in [2.75, 3.05) is 13.2 Å². The number of Topliss-reactive ketones (excluding diaryl/α,β-unsaturated/α-hetero) is 1. The summed E-state index contributed by atoms with van der Waals surface area (Å²) >= 11 is 0. The number of piperidine rings is 1. The van der Waals surface area contributed by atoms with E-state index < -0.39 is 5.95 Å². The van der Waals surface area contributed by atoms with E-state index in [1.54, 1.807) is 16.8 Å². The first-order valence-corrected chi connectivity index (χ1v) is 10.1. The molecule has 2 unspecified atom stereocenters. The van der Waals surface area contributed by atoms with Gasteiger partial charge in [0.15, 0.2) is 0 Å². The van der Waals surface area contributed by atoms with Gasteiger partial charge in [-0.1, -0.05) is 0 Å². The van der Waals surface area contributed by atoms with E-state index in [9.17, 15) is 14.4 Å². The summed E-state index contributed by atoms with van der Waals surface area (Å²) in [5.41, 5.74) is 2.44. The normalized spacial score (nSPS) is 21.1. The smallest absolute Gasteiger partial charge is 0.212 e. The fraction of sp³-hybridized carbons (Fsp3) is 0.364. The molecule has 0 saturated carbocycles. The van der Waals surface area contributed by atoms with E-state index in [2.05, 4.69) is 21.1 Å². The van der Waals surface area contributed by atoms with Crippen molar-refractivity contribution in [3.63, 3.8) is 0 Å². The van der Waals surface area contributed by atoms with Gasteiger partial charge in [-0.05, 0) is 31.0 Å². The lowest BCUT2D eigenvalue weighted by Gasteiger charge is -2.33. The highest BCUT2D eigenvalue weighted by Gasteiger charge is 2.39. The molecule has 0 spiro atoms. The van der Waals surface area contributed by atoms with E-state index in [1.165, 1.54) is 18.5 Å². The van der Waals surface area contributed by atoms with Crippen LogP contribution in [0.5, 0.6) is 5.75 Å². The molecule has 2 atom stereocenters. The van der Waals surface area contributed by atoms with Crippen LogP contribution in [0.1, 0.15) is 31.2 Å². The zero-order chi connectivity index (χ0) is 20.7. The van der Waals surface area contributed by atoms with Gasteiger partial charge in [0.05, 0.1) is 23.5 Å². The molecule has 8 heteroatoms. The van der Waals surface area contributed by atoms with Gasteiger partial charge in [-0.3, -0.25) is 9.69 Å². The number of hydrogen-bond acceptors (Lipinski definition) is 6. The zero-order valence-corrected chi connectivity index (χ0v) is 16.3. The number of hydrogen-bond donors (Lipinski definition) is 0. The highest BCUT2D eigenvalue weighted by molar-refractivity contribution is 5.85. The van der Waals surface area contributed by atoms with Crippen molar-refractivity contribution in [3.8, 4) is 22.9 Å². The number of rotatable bonds is 5. The number of carbonyl (C=O) groups excluding carboxylic acids is 1. The fourth-order valence-electron chi connectivity index (χ4n) is 4.71. The van der Waals surface area contributed by atoms with E-state index in [4.69, 9.17) is 4.74 Å². The minimum Gasteiger partial charge on any atom is -0.491 e. The van der Waals surface area contributed by atoms with Gasteiger partial charge in [0, 0.05) is 48.8 Å². The monoisotopic (exact) mass is 405 g/mol. The van der Waals surface area contributed by atoms with Crippen molar-refractivity contribution in [1.29, 1.82) is 5.26 Å². The fourth-order valence-corrected chi connectivity index (χ4v) is 4.71. The Morgan fingerprint density at radius 3 is 2.73 bits per heavy atom. The van der Waals surface area contributed by atoms with Crippen molar-refractivity contribution in [2.24, 2.45) is 0 Å². The summed E-state index contributed by atoms with van der Waals surface area (Å²) in [7, 11) is 0. The van der Waals surface area contributed by atoms with Crippen LogP contribution in [0.25, 0.3) is 16.6 Å². The van der Waals surface area contributed by atoms with E-state index in [0.29, 0.717) is 65.3 Å². The Bertz CT molecular complexity index is 1130. The molecule has 5 heterocycles. The minimum absolute atomic E-state index is 0.340. The molecule has 2 aliphatic rings. The summed E-state index contributed by atoms with van der Waals surface area (Å²) in [6.45, 7) is 1.25. The molecule has 7 nitrogen and oxygen atoms in total. The number of fused-ring (bicyclic) bond motifs is 3. The van der Waals surface area contributed by atoms with Crippen LogP contribution in [0.15, 0.2) is 36.8 Å². The zero-order valence-electron chi connectivity index (χ0n) is 16.3. The quantitative estimate of drug-likeness (QED) is 0.607. The first-order chi connectivity index (χ1) is 14.6. The molecule has 3 aromatic heterocycles. The number of nitrogens with zero attached hydrogens (tertiary/aromatic N) is 5. The molecule has 2 bridgehead atoms. The molecule has 0 aromatic carbocycles. The number of nitriles is 1. The van der Waals surface area contributed by atoms with E-state index in [-0.39, 0.29) is 0 Å². The molecule has 152 valence electrons. The number of pyridine rings is 2. The first-order valence-electron chi connectivity index (χ1n) is 10.1. The maximum absolute atomic E-state index is 13.3. The standard InChI is InChI=1S/C22H20FN5O2/c23-21-4-1-14(11-25-21)20-9-19(13-28-22(20)15(10-24)12-26-28)30-6-5-27-16-2-3-17(27)8-18(29)7-16/h1,4,9,11-13,16-17H,2-3,5-8H2. The van der Waals surface area contributed by atoms with Gasteiger partial charge < -0.3 is 4.74 Å². The van der Waals surface area contributed by atoms with Gasteiger partial charge in [-0.25, -0.2) is 9.50 Å². The molecule has 2 saturated heterocycles. The topological polar surface area (TPSA) is 83.5 Å². The summed E-state index contributed by atoms with van der Waals surface area (Å²) in [4.78, 5) is 17.9. The third-order valence-corrected chi connectivity index (χ3v) is 6.06. The maximum atomic E-state index is 13.3. The molecular weight excluding hydrogens is 385 g/mol. The Hall–Kier alpha value is -3.31. The van der Waals surface area contributed by atoms with Gasteiger partial charge in [-0.2, -0.15) is 14.8 Å². The van der Waals surface area contributed by atoms with Crippen LogP contribution >= 0.6 is 0 Å². The summed E-state index contributed by atoms with van der Waals surface area (Å²) in [5.74, 6) is 0.412. The van der Waals surface area contributed by atoms with Crippen molar-refractivity contribution < 1.29 is 13.9 Å². The van der Waals surface area contributed by atoms with E-state index >= 15 is 0 Å². The lowest BCUT2D eigenvalue weighted by Crippen LogP contribution is -2.44. The largest absolute Gasteiger partial charge is 0.491 e. The van der Waals surface area contributed by atoms with Gasteiger partial charge >= 0.3 is 0 Å². The summed E-state index contributed by atoms with van der Waals surface area (Å²) in [5, 5.41) is 13.7. The Morgan fingerprint density at radius 2 is 2.03 bits per heavy atom. The molecule has 3 aromatic rings. The second kappa shape index (κ2) is 7.50. The third-order valence-electron chi connectivity index (χ3n) is 6.06. The van der Waals surface area contributed by atoms with Crippen molar-refractivity contribution in [3.05, 3.63) is 48.3 Å². The van der Waals surface area contributed by atoms with Crippen LogP contribution in [0.4, 0.5) is 4.39 Å². The Labute approximate surface area is 172 Å². The van der Waals surface area contributed by atoms with Gasteiger partial charge in [0.1, 0.15) is 24.2 Å². The Morgan fingerprint density at radius 1 is 1.23 bits per heavy atom. The Balaban J connectivity index is 1.39. The summed E-state index contributed by atoms with van der Waals surface area (Å²) in [6.07, 6.45) is 8.13. The predicted octanol–water partition coefficient (Wildman–Crippen LogP) is 2.98. The Kier molecular flexibility index (Phi) is 4.68. The number of aromatic nitrogens is 3. The van der Waals surface area contributed by atoms with Gasteiger partial charge in [-0.15, -0.1) is 0 Å². The molecular formula is C22H20FN5O2. The third kappa shape index (κ3) is 3.31. The highest BCUT2D eigenvalue weighted by Crippen LogP contribution is 2.34. The average molecular weight is 405 g/mol. The minimum atomic E-state index is -0.564. The SMILES string of the molecule is N#Cc1cnn2cc(OCCN3C4CCC3CC(=O)C4)cc(-c3ccc(F)nc3)c12. The van der Waals surface area contributed by atoms with Crippen LogP contribution in [0, 0.1) is 17.3 Å². The number of carbonyl (C=O) groups is 1. The molecule has 0 aliphatic carbocycles. The predicted molar refractivity (Wildman–Crippen MR) is 106 cm³/mol. The molecule has 5 rings (SSSR count). The first kappa shape index (κ1) is 18.7. The number of ketones is 1. The molecule has 2 fully saturated rings. The molecule has 2 aliphatic heterocycles. The van der Waals surface area contributed by atoms with E-state index in [1.807, 2.05) is 6.07 Å². The summed E-state index contributed by atoms with van der Waals surface area (Å²) < 4.78 is 20.9. The van der Waals surface area contributed by atoms with Crippen LogP contribution in [0.2, 0.25) is 0 Å². The number of ether oxygens (including phenoxy) is 1. The molecule has 0 amide bonds. The van der Waals surface area contributed by atoms with E-state index in [0.717, 1.165) is 19.4 Å². The highest BCUT2D eigenvalue weighted by atomic mass is 19.1. The van der Waals surface area contributed by atoms with Gasteiger partial charge in [0.2, 0.25) is 5.95 Å².